The van der Waals surface area contributed by atoms with Gasteiger partial charge in [-0.15, -0.1) is 0 Å². The molecule has 0 aromatic heterocycles. The lowest BCUT2D eigenvalue weighted by molar-refractivity contribution is -0.575. The molecular formula is C9H8F3NO3. The highest BCUT2D eigenvalue weighted by molar-refractivity contribution is 5.18. The molecule has 16 heavy (non-hydrogen) atoms. The minimum absolute atomic E-state index is 0.137. The van der Waals surface area contributed by atoms with Crippen LogP contribution in [0.1, 0.15) is 11.7 Å². The molecular weight excluding hydrogens is 227 g/mol. The highest BCUT2D eigenvalue weighted by Gasteiger charge is 2.54. The SMILES string of the molecule is O=[N+]([O-])[C@@H]([C@H](O)c1ccccc1)C(F)(F)F. The van der Waals surface area contributed by atoms with Crippen molar-refractivity contribution in [3.63, 3.8) is 0 Å². The number of halogens is 3. The summed E-state index contributed by atoms with van der Waals surface area (Å²) in [6, 6.07) is 3.72. The summed E-state index contributed by atoms with van der Waals surface area (Å²) in [5.74, 6) is 0. The maximum Gasteiger partial charge on any atom is 0.460 e. The first-order valence-electron chi connectivity index (χ1n) is 4.27. The summed E-state index contributed by atoms with van der Waals surface area (Å²) >= 11 is 0. The molecule has 88 valence electrons. The van der Waals surface area contributed by atoms with Crippen molar-refractivity contribution in [2.75, 3.05) is 0 Å². The smallest absolute Gasteiger partial charge is 0.381 e. The minimum Gasteiger partial charge on any atom is -0.381 e. The van der Waals surface area contributed by atoms with Gasteiger partial charge < -0.3 is 5.11 Å². The molecule has 4 nitrogen and oxygen atoms in total. The first-order chi connectivity index (χ1) is 7.34. The summed E-state index contributed by atoms with van der Waals surface area (Å²) in [6.45, 7) is 0. The zero-order chi connectivity index (χ0) is 12.3. The van der Waals surface area contributed by atoms with Crippen LogP contribution in [0.5, 0.6) is 0 Å². The molecule has 1 rings (SSSR count). The van der Waals surface area contributed by atoms with Gasteiger partial charge in [-0.25, -0.2) is 0 Å². The summed E-state index contributed by atoms with van der Waals surface area (Å²) in [5.41, 5.74) is -0.137. The number of hydrogen-bond acceptors (Lipinski definition) is 3. The van der Waals surface area contributed by atoms with Crippen LogP contribution in [-0.2, 0) is 0 Å². The van der Waals surface area contributed by atoms with Gasteiger partial charge in [0.05, 0.1) is 0 Å². The molecule has 1 aromatic rings. The van der Waals surface area contributed by atoms with E-state index in [2.05, 4.69) is 0 Å². The van der Waals surface area contributed by atoms with Gasteiger partial charge in [-0.3, -0.25) is 10.1 Å². The van der Waals surface area contributed by atoms with Crippen molar-refractivity contribution in [3.8, 4) is 0 Å². The Hall–Kier alpha value is -1.63. The van der Waals surface area contributed by atoms with Gasteiger partial charge in [-0.05, 0) is 5.56 Å². The second kappa shape index (κ2) is 4.48. The zero-order valence-corrected chi connectivity index (χ0v) is 7.89. The first kappa shape index (κ1) is 12.4. The lowest BCUT2D eigenvalue weighted by atomic mass is 10.0. The number of aliphatic hydroxyl groups excluding tert-OH is 1. The first-order valence-corrected chi connectivity index (χ1v) is 4.27. The van der Waals surface area contributed by atoms with Crippen LogP contribution in [0.2, 0.25) is 0 Å². The number of benzene rings is 1. The van der Waals surface area contributed by atoms with Gasteiger partial charge in [0.15, 0.2) is 6.10 Å². The van der Waals surface area contributed by atoms with Crippen molar-refractivity contribution >= 4 is 0 Å². The largest absolute Gasteiger partial charge is 0.460 e. The molecule has 0 aliphatic carbocycles. The van der Waals surface area contributed by atoms with Crippen LogP contribution in [-0.4, -0.2) is 22.2 Å². The van der Waals surface area contributed by atoms with Crippen LogP contribution < -0.4 is 0 Å². The van der Waals surface area contributed by atoms with E-state index >= 15 is 0 Å². The van der Waals surface area contributed by atoms with Gasteiger partial charge in [0, 0.05) is 4.92 Å². The van der Waals surface area contributed by atoms with Crippen molar-refractivity contribution < 1.29 is 23.2 Å². The number of aliphatic hydroxyl groups is 1. The topological polar surface area (TPSA) is 63.4 Å². The molecule has 0 aliphatic rings. The lowest BCUT2D eigenvalue weighted by Crippen LogP contribution is -2.41. The molecule has 0 radical (unpaired) electrons. The van der Waals surface area contributed by atoms with Crippen LogP contribution in [0.4, 0.5) is 13.2 Å². The fourth-order valence-corrected chi connectivity index (χ4v) is 1.25. The average Bonchev–Trinajstić information content (AvgIpc) is 2.16. The van der Waals surface area contributed by atoms with Gasteiger partial charge in [-0.2, -0.15) is 13.2 Å². The van der Waals surface area contributed by atoms with E-state index in [1.165, 1.54) is 30.3 Å². The van der Waals surface area contributed by atoms with Gasteiger partial charge in [0.2, 0.25) is 0 Å². The maximum atomic E-state index is 12.3. The van der Waals surface area contributed by atoms with E-state index in [4.69, 9.17) is 0 Å². The molecule has 0 aliphatic heterocycles. The third-order valence-corrected chi connectivity index (χ3v) is 2.00. The molecule has 0 amide bonds. The summed E-state index contributed by atoms with van der Waals surface area (Å²) < 4.78 is 36.9. The predicted octanol–water partition coefficient (Wildman–Crippen LogP) is 1.93. The van der Waals surface area contributed by atoms with Crippen LogP contribution in [0.15, 0.2) is 30.3 Å². The number of nitro groups is 1. The standard InChI is InChI=1S/C9H8F3NO3/c10-9(11,12)8(13(15)16)7(14)6-4-2-1-3-5-6/h1-5,7-8,14H/t7-,8+/m1/s1. The Balaban J connectivity index is 3.02. The second-order valence-corrected chi connectivity index (χ2v) is 3.13. The molecule has 2 atom stereocenters. The van der Waals surface area contributed by atoms with Crippen molar-refractivity contribution in [1.29, 1.82) is 0 Å². The Morgan fingerprint density at radius 3 is 2.12 bits per heavy atom. The average molecular weight is 235 g/mol. The Morgan fingerprint density at radius 1 is 1.25 bits per heavy atom. The van der Waals surface area contributed by atoms with Crippen molar-refractivity contribution in [1.82, 2.24) is 0 Å². The molecule has 0 heterocycles. The van der Waals surface area contributed by atoms with Gasteiger partial charge in [0.25, 0.3) is 0 Å². The molecule has 0 saturated carbocycles. The van der Waals surface area contributed by atoms with Crippen molar-refractivity contribution in [2.45, 2.75) is 18.3 Å². The monoisotopic (exact) mass is 235 g/mol. The Kier molecular flexibility index (Phi) is 3.48. The molecule has 0 fully saturated rings. The van der Waals surface area contributed by atoms with E-state index in [0.29, 0.717) is 0 Å². The summed E-state index contributed by atoms with van der Waals surface area (Å²) in [5, 5.41) is 19.6. The highest BCUT2D eigenvalue weighted by Crippen LogP contribution is 2.31. The van der Waals surface area contributed by atoms with Crippen molar-refractivity contribution in [3.05, 3.63) is 46.0 Å². The Labute approximate surface area is 88.5 Å². The third kappa shape index (κ3) is 2.69. The highest BCUT2D eigenvalue weighted by atomic mass is 19.4. The zero-order valence-electron chi connectivity index (χ0n) is 7.89. The number of hydrogen-bond donors (Lipinski definition) is 1. The van der Waals surface area contributed by atoms with E-state index in [-0.39, 0.29) is 5.56 Å². The fraction of sp³-hybridized carbons (Fsp3) is 0.333. The molecule has 0 saturated heterocycles. The Morgan fingerprint density at radius 2 is 1.75 bits per heavy atom. The maximum absolute atomic E-state index is 12.3. The Bertz CT molecular complexity index is 366. The predicted molar refractivity (Wildman–Crippen MR) is 48.2 cm³/mol. The van der Waals surface area contributed by atoms with E-state index < -0.39 is 23.2 Å². The summed E-state index contributed by atoms with van der Waals surface area (Å²) in [6.07, 6.45) is -7.28. The van der Waals surface area contributed by atoms with Crippen molar-refractivity contribution in [2.24, 2.45) is 0 Å². The molecule has 1 N–H and O–H groups in total. The molecule has 7 heteroatoms. The molecule has 0 spiro atoms. The quantitative estimate of drug-likeness (QED) is 0.643. The second-order valence-electron chi connectivity index (χ2n) is 3.13. The summed E-state index contributed by atoms with van der Waals surface area (Å²) in [7, 11) is 0. The van der Waals surface area contributed by atoms with E-state index in [0.717, 1.165) is 0 Å². The van der Waals surface area contributed by atoms with E-state index in [1.54, 1.807) is 0 Å². The van der Waals surface area contributed by atoms with Crippen LogP contribution in [0.25, 0.3) is 0 Å². The van der Waals surface area contributed by atoms with Crippen LogP contribution >= 0.6 is 0 Å². The third-order valence-electron chi connectivity index (χ3n) is 2.00. The van der Waals surface area contributed by atoms with E-state index in [9.17, 15) is 28.4 Å². The lowest BCUT2D eigenvalue weighted by Gasteiger charge is -2.18. The minimum atomic E-state index is -5.08. The van der Waals surface area contributed by atoms with Gasteiger partial charge in [-0.1, -0.05) is 30.3 Å². The molecule has 1 aromatic carbocycles. The summed E-state index contributed by atoms with van der Waals surface area (Å²) in [4.78, 5) is 8.76. The molecule has 0 bridgehead atoms. The number of rotatable bonds is 3. The number of nitrogens with zero attached hydrogens (tertiary/aromatic N) is 1. The van der Waals surface area contributed by atoms with Crippen LogP contribution in [0, 0.1) is 10.1 Å². The van der Waals surface area contributed by atoms with Gasteiger partial charge in [0.1, 0.15) is 0 Å². The normalized spacial score (nSPS) is 15.5. The number of alkyl halides is 3. The fourth-order valence-electron chi connectivity index (χ4n) is 1.25. The van der Waals surface area contributed by atoms with Crippen LogP contribution in [0.3, 0.4) is 0 Å². The molecule has 0 unspecified atom stereocenters. The van der Waals surface area contributed by atoms with E-state index in [1.807, 2.05) is 0 Å². The van der Waals surface area contributed by atoms with Gasteiger partial charge >= 0.3 is 12.2 Å².